The summed E-state index contributed by atoms with van der Waals surface area (Å²) >= 11 is 0. The number of alkyl halides is 3. The maximum atomic E-state index is 12.8. The molecule has 0 heterocycles. The summed E-state index contributed by atoms with van der Waals surface area (Å²) in [5, 5.41) is 3.08. The van der Waals surface area contributed by atoms with Gasteiger partial charge in [-0.2, -0.15) is 13.2 Å². The zero-order valence-electron chi connectivity index (χ0n) is 14.6. The van der Waals surface area contributed by atoms with Gasteiger partial charge >= 0.3 is 6.18 Å². The van der Waals surface area contributed by atoms with Crippen LogP contribution in [0.25, 0.3) is 11.1 Å². The van der Waals surface area contributed by atoms with Crippen LogP contribution in [0, 0.1) is 5.92 Å². The Morgan fingerprint density at radius 1 is 0.962 bits per heavy atom. The van der Waals surface area contributed by atoms with Crippen molar-refractivity contribution in [2.75, 3.05) is 0 Å². The van der Waals surface area contributed by atoms with E-state index in [2.05, 4.69) is 12.2 Å². The first kappa shape index (κ1) is 18.5. The third-order valence-electron chi connectivity index (χ3n) is 5.05. The fourth-order valence-corrected chi connectivity index (χ4v) is 3.44. The molecular weight excluding hydrogens is 339 g/mol. The molecule has 1 amide bonds. The maximum absolute atomic E-state index is 12.8. The summed E-state index contributed by atoms with van der Waals surface area (Å²) in [7, 11) is 0. The standard InChI is InChI=1S/C21H22F3NO/c1-14-6-12-17(13-7-14)25-20(26)19-5-3-2-4-18(19)15-8-10-16(11-9-15)21(22,23)24/h2-5,8-11,14,17H,6-7,12-13H2,1H3,(H,25,26). The molecule has 1 aliphatic carbocycles. The number of rotatable bonds is 3. The van der Waals surface area contributed by atoms with Gasteiger partial charge in [-0.05, 0) is 60.9 Å². The van der Waals surface area contributed by atoms with Gasteiger partial charge in [0.2, 0.25) is 0 Å². The molecule has 1 fully saturated rings. The quantitative estimate of drug-likeness (QED) is 0.749. The van der Waals surface area contributed by atoms with Gasteiger partial charge in [0.15, 0.2) is 0 Å². The van der Waals surface area contributed by atoms with Crippen LogP contribution in [0.1, 0.15) is 48.5 Å². The van der Waals surface area contributed by atoms with E-state index in [1.807, 2.05) is 0 Å². The van der Waals surface area contributed by atoms with E-state index < -0.39 is 11.7 Å². The van der Waals surface area contributed by atoms with Gasteiger partial charge in [-0.1, -0.05) is 37.3 Å². The first-order chi connectivity index (χ1) is 12.3. The van der Waals surface area contributed by atoms with Crippen molar-refractivity contribution in [2.45, 2.75) is 44.8 Å². The van der Waals surface area contributed by atoms with Gasteiger partial charge in [0.1, 0.15) is 0 Å². The number of hydrogen-bond donors (Lipinski definition) is 1. The van der Waals surface area contributed by atoms with Crippen LogP contribution >= 0.6 is 0 Å². The number of amides is 1. The Bertz CT molecular complexity index is 760. The largest absolute Gasteiger partial charge is 0.416 e. The Labute approximate surface area is 151 Å². The molecule has 0 bridgehead atoms. The van der Waals surface area contributed by atoms with Crippen LogP contribution in [0.5, 0.6) is 0 Å². The lowest BCUT2D eigenvalue weighted by molar-refractivity contribution is -0.137. The molecule has 0 radical (unpaired) electrons. The lowest BCUT2D eigenvalue weighted by Crippen LogP contribution is -2.37. The molecular formula is C21H22F3NO. The number of benzene rings is 2. The van der Waals surface area contributed by atoms with Crippen LogP contribution in [-0.2, 0) is 6.18 Å². The smallest absolute Gasteiger partial charge is 0.349 e. The van der Waals surface area contributed by atoms with Crippen LogP contribution in [0.15, 0.2) is 48.5 Å². The molecule has 0 unspecified atom stereocenters. The first-order valence-electron chi connectivity index (χ1n) is 8.92. The van der Waals surface area contributed by atoms with Crippen LogP contribution in [0.2, 0.25) is 0 Å². The Morgan fingerprint density at radius 2 is 1.58 bits per heavy atom. The molecule has 5 heteroatoms. The van der Waals surface area contributed by atoms with Crippen LogP contribution < -0.4 is 5.32 Å². The first-order valence-corrected chi connectivity index (χ1v) is 8.92. The summed E-state index contributed by atoms with van der Waals surface area (Å²) in [5.74, 6) is 0.530. The summed E-state index contributed by atoms with van der Waals surface area (Å²) in [5.41, 5.74) is 1.04. The van der Waals surface area contributed by atoms with Gasteiger partial charge in [0, 0.05) is 11.6 Å². The molecule has 0 spiro atoms. The van der Waals surface area contributed by atoms with Crippen LogP contribution in [-0.4, -0.2) is 11.9 Å². The van der Waals surface area contributed by atoms with Gasteiger partial charge in [-0.15, -0.1) is 0 Å². The lowest BCUT2D eigenvalue weighted by Gasteiger charge is -2.27. The van der Waals surface area contributed by atoms with E-state index in [1.165, 1.54) is 12.1 Å². The van der Waals surface area contributed by atoms with Crippen molar-refractivity contribution in [3.63, 3.8) is 0 Å². The Hall–Kier alpha value is -2.30. The van der Waals surface area contributed by atoms with E-state index in [1.54, 1.807) is 24.3 Å². The van der Waals surface area contributed by atoms with Crippen molar-refractivity contribution >= 4 is 5.91 Å². The molecule has 1 aliphatic rings. The average Bonchev–Trinajstić information content (AvgIpc) is 2.63. The Morgan fingerprint density at radius 3 is 2.19 bits per heavy atom. The number of hydrogen-bond acceptors (Lipinski definition) is 1. The van der Waals surface area contributed by atoms with Crippen molar-refractivity contribution in [1.29, 1.82) is 0 Å². The molecule has 2 aromatic rings. The normalized spacial score (nSPS) is 20.6. The zero-order valence-corrected chi connectivity index (χ0v) is 14.6. The molecule has 0 saturated heterocycles. The third-order valence-corrected chi connectivity index (χ3v) is 5.05. The summed E-state index contributed by atoms with van der Waals surface area (Å²) in [6, 6.07) is 12.1. The summed E-state index contributed by atoms with van der Waals surface area (Å²) in [6.45, 7) is 2.22. The molecule has 0 aliphatic heterocycles. The van der Waals surface area contributed by atoms with Gasteiger partial charge in [-0.3, -0.25) is 4.79 Å². The number of nitrogens with one attached hydrogen (secondary N) is 1. The van der Waals surface area contributed by atoms with Crippen molar-refractivity contribution < 1.29 is 18.0 Å². The molecule has 1 saturated carbocycles. The van der Waals surface area contributed by atoms with Crippen LogP contribution in [0.4, 0.5) is 13.2 Å². The van der Waals surface area contributed by atoms with E-state index in [4.69, 9.17) is 0 Å². The topological polar surface area (TPSA) is 29.1 Å². The van der Waals surface area contributed by atoms with Gasteiger partial charge in [0.05, 0.1) is 5.56 Å². The zero-order chi connectivity index (χ0) is 18.7. The molecule has 1 N–H and O–H groups in total. The maximum Gasteiger partial charge on any atom is 0.416 e. The SMILES string of the molecule is CC1CCC(NC(=O)c2ccccc2-c2ccc(C(F)(F)F)cc2)CC1. The second-order valence-corrected chi connectivity index (χ2v) is 7.05. The predicted molar refractivity (Wildman–Crippen MR) is 95.8 cm³/mol. The monoisotopic (exact) mass is 361 g/mol. The Balaban J connectivity index is 1.80. The molecule has 138 valence electrons. The highest BCUT2D eigenvalue weighted by Crippen LogP contribution is 2.32. The molecule has 0 aromatic heterocycles. The highest BCUT2D eigenvalue weighted by atomic mass is 19.4. The van der Waals surface area contributed by atoms with E-state index in [0.29, 0.717) is 22.6 Å². The lowest BCUT2D eigenvalue weighted by atomic mass is 9.87. The van der Waals surface area contributed by atoms with Crippen molar-refractivity contribution in [3.05, 3.63) is 59.7 Å². The second kappa shape index (κ2) is 7.52. The van der Waals surface area contributed by atoms with Crippen molar-refractivity contribution in [2.24, 2.45) is 5.92 Å². The molecule has 0 atom stereocenters. The summed E-state index contributed by atoms with van der Waals surface area (Å²) in [4.78, 5) is 12.7. The average molecular weight is 361 g/mol. The van der Waals surface area contributed by atoms with E-state index in [0.717, 1.165) is 37.8 Å². The van der Waals surface area contributed by atoms with E-state index in [-0.39, 0.29) is 11.9 Å². The van der Waals surface area contributed by atoms with Gasteiger partial charge < -0.3 is 5.32 Å². The van der Waals surface area contributed by atoms with Gasteiger partial charge in [-0.25, -0.2) is 0 Å². The number of carbonyl (C=O) groups is 1. The molecule has 3 rings (SSSR count). The van der Waals surface area contributed by atoms with Crippen LogP contribution in [0.3, 0.4) is 0 Å². The van der Waals surface area contributed by atoms with E-state index in [9.17, 15) is 18.0 Å². The van der Waals surface area contributed by atoms with Crippen molar-refractivity contribution in [3.8, 4) is 11.1 Å². The number of carbonyl (C=O) groups excluding carboxylic acids is 1. The second-order valence-electron chi connectivity index (χ2n) is 7.05. The minimum atomic E-state index is -4.37. The summed E-state index contributed by atoms with van der Waals surface area (Å²) in [6.07, 6.45) is -0.227. The highest BCUT2D eigenvalue weighted by Gasteiger charge is 2.30. The fraction of sp³-hybridized carbons (Fsp3) is 0.381. The highest BCUT2D eigenvalue weighted by molar-refractivity contribution is 6.01. The van der Waals surface area contributed by atoms with E-state index >= 15 is 0 Å². The van der Waals surface area contributed by atoms with Crippen molar-refractivity contribution in [1.82, 2.24) is 5.32 Å². The Kier molecular flexibility index (Phi) is 5.35. The fourth-order valence-electron chi connectivity index (χ4n) is 3.44. The minimum Gasteiger partial charge on any atom is -0.349 e. The summed E-state index contributed by atoms with van der Waals surface area (Å²) < 4.78 is 38.3. The third kappa shape index (κ3) is 4.26. The predicted octanol–water partition coefficient (Wildman–Crippen LogP) is 5.68. The molecule has 26 heavy (non-hydrogen) atoms. The number of halogens is 3. The molecule has 2 nitrogen and oxygen atoms in total. The van der Waals surface area contributed by atoms with Gasteiger partial charge in [0.25, 0.3) is 5.91 Å². The minimum absolute atomic E-state index is 0.166. The molecule has 2 aromatic carbocycles.